The van der Waals surface area contributed by atoms with Crippen molar-refractivity contribution in [2.24, 2.45) is 5.10 Å². The molecule has 0 fully saturated rings. The van der Waals surface area contributed by atoms with E-state index in [-0.39, 0.29) is 29.4 Å². The van der Waals surface area contributed by atoms with E-state index in [9.17, 15) is 19.8 Å². The van der Waals surface area contributed by atoms with Gasteiger partial charge in [-0.05, 0) is 51.0 Å². The fourth-order valence-corrected chi connectivity index (χ4v) is 2.75. The van der Waals surface area contributed by atoms with Crippen molar-refractivity contribution in [3.8, 4) is 11.5 Å². The van der Waals surface area contributed by atoms with E-state index in [0.717, 1.165) is 28.4 Å². The van der Waals surface area contributed by atoms with Gasteiger partial charge in [-0.15, -0.1) is 0 Å². The second kappa shape index (κ2) is 8.35. The van der Waals surface area contributed by atoms with Gasteiger partial charge in [0.25, 0.3) is 5.91 Å². The normalized spacial score (nSPS) is 11.2. The summed E-state index contributed by atoms with van der Waals surface area (Å²) in [5, 5.41) is 25.7. The van der Waals surface area contributed by atoms with Crippen molar-refractivity contribution >= 4 is 23.2 Å². The number of rotatable bonds is 5. The molecule has 7 nitrogen and oxygen atoms in total. The molecule has 27 heavy (non-hydrogen) atoms. The molecule has 0 radical (unpaired) electrons. The van der Waals surface area contributed by atoms with E-state index >= 15 is 0 Å². The summed E-state index contributed by atoms with van der Waals surface area (Å²) >= 11 is 0. The van der Waals surface area contributed by atoms with Crippen LogP contribution in [0.4, 0.5) is 5.69 Å². The van der Waals surface area contributed by atoms with Crippen LogP contribution in [0.2, 0.25) is 0 Å². The number of aryl methyl sites for hydroxylation is 3. The lowest BCUT2D eigenvalue weighted by atomic mass is 10.0. The largest absolute Gasteiger partial charge is 0.508 e. The van der Waals surface area contributed by atoms with Crippen LogP contribution >= 0.6 is 0 Å². The van der Waals surface area contributed by atoms with Crippen LogP contribution in [0, 0.1) is 20.8 Å². The molecule has 2 rings (SSSR count). The maximum Gasteiger partial charge on any atom is 0.275 e. The Balaban J connectivity index is 1.99. The molecule has 0 aromatic heterocycles. The first-order valence-electron chi connectivity index (χ1n) is 8.40. The summed E-state index contributed by atoms with van der Waals surface area (Å²) in [6.45, 7) is 7.48. The topological polar surface area (TPSA) is 111 Å². The van der Waals surface area contributed by atoms with Crippen LogP contribution in [0.25, 0.3) is 0 Å². The second-order valence-electron chi connectivity index (χ2n) is 6.49. The molecule has 142 valence electrons. The molecular formula is C20H23N3O4. The van der Waals surface area contributed by atoms with Crippen molar-refractivity contribution in [3.63, 3.8) is 0 Å². The molecule has 0 saturated heterocycles. The van der Waals surface area contributed by atoms with Gasteiger partial charge in [-0.3, -0.25) is 9.59 Å². The quantitative estimate of drug-likeness (QED) is 0.479. The van der Waals surface area contributed by atoms with Crippen LogP contribution in [0.5, 0.6) is 11.5 Å². The predicted octanol–water partition coefficient (Wildman–Crippen LogP) is 3.16. The van der Waals surface area contributed by atoms with Gasteiger partial charge in [0.1, 0.15) is 11.5 Å². The molecule has 7 heteroatoms. The number of anilines is 1. The maximum atomic E-state index is 12.2. The first kappa shape index (κ1) is 20.0. The molecule has 0 bridgehead atoms. The molecular weight excluding hydrogens is 346 g/mol. The highest BCUT2D eigenvalue weighted by Gasteiger charge is 2.12. The maximum absolute atomic E-state index is 12.2. The summed E-state index contributed by atoms with van der Waals surface area (Å²) in [6, 6.07) is 7.61. The molecule has 0 heterocycles. The average Bonchev–Trinajstić information content (AvgIpc) is 2.56. The summed E-state index contributed by atoms with van der Waals surface area (Å²) < 4.78 is 0. The van der Waals surface area contributed by atoms with E-state index in [2.05, 4.69) is 15.8 Å². The van der Waals surface area contributed by atoms with Crippen LogP contribution < -0.4 is 10.7 Å². The van der Waals surface area contributed by atoms with Gasteiger partial charge in [-0.2, -0.15) is 5.10 Å². The van der Waals surface area contributed by atoms with Crippen molar-refractivity contribution in [2.75, 3.05) is 5.32 Å². The zero-order valence-electron chi connectivity index (χ0n) is 15.8. The number of aromatic hydroxyl groups is 2. The first-order chi connectivity index (χ1) is 12.7. The molecule has 2 amide bonds. The Hall–Kier alpha value is -3.35. The molecule has 2 aromatic carbocycles. The van der Waals surface area contributed by atoms with Crippen molar-refractivity contribution in [1.82, 2.24) is 5.43 Å². The molecule has 0 saturated carbocycles. The van der Waals surface area contributed by atoms with Gasteiger partial charge in [0.2, 0.25) is 5.91 Å². The summed E-state index contributed by atoms with van der Waals surface area (Å²) in [5.74, 6) is -1.39. The lowest BCUT2D eigenvalue weighted by Gasteiger charge is -2.12. The van der Waals surface area contributed by atoms with Gasteiger partial charge >= 0.3 is 0 Å². The Morgan fingerprint density at radius 3 is 2.26 bits per heavy atom. The highest BCUT2D eigenvalue weighted by atomic mass is 16.3. The number of benzene rings is 2. The summed E-state index contributed by atoms with van der Waals surface area (Å²) in [7, 11) is 0. The van der Waals surface area contributed by atoms with E-state index in [1.54, 1.807) is 6.92 Å². The van der Waals surface area contributed by atoms with E-state index in [4.69, 9.17) is 0 Å². The Kier molecular flexibility index (Phi) is 6.18. The molecule has 0 aliphatic rings. The number of hydrogen-bond donors (Lipinski definition) is 4. The number of nitrogens with one attached hydrogen (secondary N) is 2. The van der Waals surface area contributed by atoms with Gasteiger partial charge in [0.15, 0.2) is 0 Å². The van der Waals surface area contributed by atoms with Gasteiger partial charge < -0.3 is 15.5 Å². The number of carbonyl (C=O) groups is 2. The third-order valence-electron chi connectivity index (χ3n) is 3.93. The van der Waals surface area contributed by atoms with E-state index in [1.807, 2.05) is 32.9 Å². The predicted molar refractivity (Wildman–Crippen MR) is 104 cm³/mol. The summed E-state index contributed by atoms with van der Waals surface area (Å²) in [4.78, 5) is 24.3. The standard InChI is InChI=1S/C20H23N3O4/c1-11-7-12(2)19(13(3)8-11)21-18(26)9-14(4)22-23-20(27)16-6-5-15(24)10-17(16)25/h5-8,10,24-25H,9H2,1-4H3,(H,21,26)(H,23,27)/b22-14-. The highest BCUT2D eigenvalue weighted by Crippen LogP contribution is 2.23. The highest BCUT2D eigenvalue weighted by molar-refractivity contribution is 6.06. The van der Waals surface area contributed by atoms with Crippen molar-refractivity contribution in [1.29, 1.82) is 0 Å². The summed E-state index contributed by atoms with van der Waals surface area (Å²) in [6.07, 6.45) is 0.00853. The van der Waals surface area contributed by atoms with Crippen molar-refractivity contribution in [3.05, 3.63) is 52.6 Å². The van der Waals surface area contributed by atoms with Crippen LogP contribution in [0.15, 0.2) is 35.4 Å². The number of nitrogens with zero attached hydrogens (tertiary/aromatic N) is 1. The van der Waals surface area contributed by atoms with Crippen LogP contribution in [-0.4, -0.2) is 27.7 Å². The molecule has 0 atom stereocenters. The fourth-order valence-electron chi connectivity index (χ4n) is 2.75. The minimum Gasteiger partial charge on any atom is -0.508 e. The number of phenols is 2. The number of hydrogen-bond acceptors (Lipinski definition) is 5. The van der Waals surface area contributed by atoms with Gasteiger partial charge in [0.05, 0.1) is 12.0 Å². The van der Waals surface area contributed by atoms with Gasteiger partial charge in [0, 0.05) is 17.5 Å². The Labute approximate surface area is 157 Å². The molecule has 0 spiro atoms. The first-order valence-corrected chi connectivity index (χ1v) is 8.40. The van der Waals surface area contributed by atoms with E-state index in [0.29, 0.717) is 5.71 Å². The third kappa shape index (κ3) is 5.31. The van der Waals surface area contributed by atoms with Crippen molar-refractivity contribution < 1.29 is 19.8 Å². The van der Waals surface area contributed by atoms with E-state index in [1.165, 1.54) is 12.1 Å². The van der Waals surface area contributed by atoms with Crippen LogP contribution in [0.3, 0.4) is 0 Å². The smallest absolute Gasteiger partial charge is 0.275 e. The number of carbonyl (C=O) groups excluding carboxylic acids is 2. The minimum absolute atomic E-state index is 0.00853. The molecule has 0 aliphatic carbocycles. The molecule has 0 aliphatic heterocycles. The number of amides is 2. The zero-order valence-corrected chi connectivity index (χ0v) is 15.8. The number of phenolic OH excluding ortho intramolecular Hbond substituents is 2. The van der Waals surface area contributed by atoms with E-state index < -0.39 is 5.91 Å². The molecule has 4 N–H and O–H groups in total. The third-order valence-corrected chi connectivity index (χ3v) is 3.93. The molecule has 2 aromatic rings. The van der Waals surface area contributed by atoms with Crippen LogP contribution in [0.1, 0.15) is 40.4 Å². The average molecular weight is 369 g/mol. The van der Waals surface area contributed by atoms with Crippen molar-refractivity contribution in [2.45, 2.75) is 34.1 Å². The lowest BCUT2D eigenvalue weighted by molar-refractivity contribution is -0.115. The summed E-state index contributed by atoms with van der Waals surface area (Å²) in [5.41, 5.74) is 6.52. The van der Waals surface area contributed by atoms with Gasteiger partial charge in [-0.1, -0.05) is 17.7 Å². The minimum atomic E-state index is -0.641. The monoisotopic (exact) mass is 369 g/mol. The number of hydrazone groups is 1. The SMILES string of the molecule is C/C(CC(=O)Nc1c(C)cc(C)cc1C)=N/NC(=O)c1ccc(O)cc1O. The zero-order chi connectivity index (χ0) is 20.1. The Bertz CT molecular complexity index is 896. The fraction of sp³-hybridized carbons (Fsp3) is 0.250. The second-order valence-corrected chi connectivity index (χ2v) is 6.49. The Morgan fingerprint density at radius 2 is 1.67 bits per heavy atom. The van der Waals surface area contributed by atoms with Gasteiger partial charge in [-0.25, -0.2) is 5.43 Å². The van der Waals surface area contributed by atoms with Crippen LogP contribution in [-0.2, 0) is 4.79 Å². The molecule has 0 unspecified atom stereocenters. The lowest BCUT2D eigenvalue weighted by Crippen LogP contribution is -2.22. The Morgan fingerprint density at radius 1 is 1.04 bits per heavy atom.